The first kappa shape index (κ1) is 17.7. The predicted octanol–water partition coefficient (Wildman–Crippen LogP) is 1.58. The minimum atomic E-state index is -0.542. The van der Waals surface area contributed by atoms with Gasteiger partial charge in [0.2, 0.25) is 5.91 Å². The van der Waals surface area contributed by atoms with Crippen LogP contribution in [0.5, 0.6) is 0 Å². The summed E-state index contributed by atoms with van der Waals surface area (Å²) in [5, 5.41) is 2.90. The van der Waals surface area contributed by atoms with E-state index in [0.717, 1.165) is 24.8 Å². The average Bonchev–Trinajstić information content (AvgIpc) is 3.24. The molecule has 2 heterocycles. The number of hydrogen-bond acceptors (Lipinski definition) is 3. The number of hydrogen-bond donors (Lipinski definition) is 2. The molecule has 0 radical (unpaired) electrons. The lowest BCUT2D eigenvalue weighted by Gasteiger charge is -2.26. The summed E-state index contributed by atoms with van der Waals surface area (Å²) in [7, 11) is 0. The molecule has 2 aliphatic heterocycles. The highest BCUT2D eigenvalue weighted by atomic mass is 19.1. The largest absolute Gasteiger partial charge is 0.367 e. The second-order valence-electron chi connectivity index (χ2n) is 6.73. The molecule has 2 aliphatic rings. The van der Waals surface area contributed by atoms with Gasteiger partial charge < -0.3 is 20.7 Å². The number of ether oxygens (including phenoxy) is 1. The predicted molar refractivity (Wildman–Crippen MR) is 90.3 cm³/mol. The fraction of sp³-hybridized carbons (Fsp3) is 0.556. The first-order valence-corrected chi connectivity index (χ1v) is 8.76. The Labute approximate surface area is 146 Å². The number of benzene rings is 1. The molecule has 2 fully saturated rings. The molecule has 25 heavy (non-hydrogen) atoms. The number of nitrogens with two attached hydrogens (primary N) is 1. The van der Waals surface area contributed by atoms with Crippen LogP contribution in [0.4, 0.5) is 9.18 Å². The van der Waals surface area contributed by atoms with E-state index in [0.29, 0.717) is 25.9 Å². The standard InChI is InChI=1S/C18H24FN3O3/c19-13-5-3-12(4-6-13)10-14-2-1-9-22(14)18(24)21-11-15-7-8-16(25-15)17(20)23/h3-6,14-16H,1-2,7-11H2,(H2,20,23)(H,21,24). The number of urea groups is 1. The number of amides is 3. The van der Waals surface area contributed by atoms with Gasteiger partial charge in [-0.05, 0) is 49.8 Å². The second-order valence-corrected chi connectivity index (χ2v) is 6.73. The van der Waals surface area contributed by atoms with Crippen molar-refractivity contribution in [1.82, 2.24) is 10.2 Å². The molecule has 0 saturated carbocycles. The van der Waals surface area contributed by atoms with Crippen LogP contribution in [0.2, 0.25) is 0 Å². The topological polar surface area (TPSA) is 84.7 Å². The van der Waals surface area contributed by atoms with E-state index in [9.17, 15) is 14.0 Å². The number of carbonyl (C=O) groups excluding carboxylic acids is 2. The summed E-state index contributed by atoms with van der Waals surface area (Å²) in [6.45, 7) is 1.09. The summed E-state index contributed by atoms with van der Waals surface area (Å²) in [4.78, 5) is 25.4. The third-order valence-electron chi connectivity index (χ3n) is 4.93. The highest BCUT2D eigenvalue weighted by Crippen LogP contribution is 2.22. The van der Waals surface area contributed by atoms with Crippen molar-refractivity contribution in [1.29, 1.82) is 0 Å². The van der Waals surface area contributed by atoms with E-state index in [2.05, 4.69) is 5.32 Å². The van der Waals surface area contributed by atoms with Crippen molar-refractivity contribution in [2.75, 3.05) is 13.1 Å². The summed E-state index contributed by atoms with van der Waals surface area (Å²) in [5.41, 5.74) is 6.26. The molecule has 0 aliphatic carbocycles. The van der Waals surface area contributed by atoms with Crippen LogP contribution in [-0.4, -0.2) is 48.2 Å². The van der Waals surface area contributed by atoms with Gasteiger partial charge in [0, 0.05) is 19.1 Å². The van der Waals surface area contributed by atoms with Crippen molar-refractivity contribution >= 4 is 11.9 Å². The molecule has 3 amide bonds. The smallest absolute Gasteiger partial charge is 0.317 e. The number of primary amides is 1. The summed E-state index contributed by atoms with van der Waals surface area (Å²) < 4.78 is 18.5. The Kier molecular flexibility index (Phi) is 5.53. The van der Waals surface area contributed by atoms with Crippen LogP contribution < -0.4 is 11.1 Å². The zero-order valence-corrected chi connectivity index (χ0v) is 14.1. The summed E-state index contributed by atoms with van der Waals surface area (Å²) >= 11 is 0. The van der Waals surface area contributed by atoms with E-state index in [1.165, 1.54) is 12.1 Å². The fourth-order valence-corrected chi connectivity index (χ4v) is 3.58. The van der Waals surface area contributed by atoms with Crippen LogP contribution in [-0.2, 0) is 16.0 Å². The van der Waals surface area contributed by atoms with Crippen molar-refractivity contribution in [2.24, 2.45) is 5.73 Å². The molecule has 136 valence electrons. The van der Waals surface area contributed by atoms with E-state index >= 15 is 0 Å². The zero-order valence-electron chi connectivity index (χ0n) is 14.1. The molecule has 0 aromatic heterocycles. The maximum atomic E-state index is 13.0. The molecular weight excluding hydrogens is 325 g/mol. The second kappa shape index (κ2) is 7.82. The third kappa shape index (κ3) is 4.48. The molecule has 1 aromatic carbocycles. The lowest BCUT2D eigenvalue weighted by Crippen LogP contribution is -2.46. The van der Waals surface area contributed by atoms with Gasteiger partial charge in [-0.15, -0.1) is 0 Å². The third-order valence-corrected chi connectivity index (χ3v) is 4.93. The Morgan fingerprint density at radius 3 is 2.68 bits per heavy atom. The fourth-order valence-electron chi connectivity index (χ4n) is 3.58. The Morgan fingerprint density at radius 2 is 2.00 bits per heavy atom. The van der Waals surface area contributed by atoms with Gasteiger partial charge >= 0.3 is 6.03 Å². The van der Waals surface area contributed by atoms with Crippen molar-refractivity contribution < 1.29 is 18.7 Å². The molecule has 0 spiro atoms. The van der Waals surface area contributed by atoms with Crippen LogP contribution in [0, 0.1) is 5.82 Å². The average molecular weight is 349 g/mol. The van der Waals surface area contributed by atoms with Gasteiger partial charge in [0.1, 0.15) is 11.9 Å². The molecule has 1 aromatic rings. The minimum Gasteiger partial charge on any atom is -0.367 e. The SMILES string of the molecule is NC(=O)C1CCC(CNC(=O)N2CCCC2Cc2ccc(F)cc2)O1. The van der Waals surface area contributed by atoms with Crippen LogP contribution in [0.25, 0.3) is 0 Å². The van der Waals surface area contributed by atoms with Crippen molar-refractivity contribution in [3.63, 3.8) is 0 Å². The van der Waals surface area contributed by atoms with Gasteiger partial charge in [-0.2, -0.15) is 0 Å². The van der Waals surface area contributed by atoms with Crippen molar-refractivity contribution in [2.45, 2.75) is 50.4 Å². The Bertz CT molecular complexity index is 622. The molecular formula is C18H24FN3O3. The Morgan fingerprint density at radius 1 is 1.24 bits per heavy atom. The number of rotatable bonds is 5. The molecule has 3 rings (SSSR count). The molecule has 2 saturated heterocycles. The number of carbonyl (C=O) groups is 2. The summed E-state index contributed by atoms with van der Waals surface area (Å²) in [5.74, 6) is -0.705. The monoisotopic (exact) mass is 349 g/mol. The maximum Gasteiger partial charge on any atom is 0.317 e. The quantitative estimate of drug-likeness (QED) is 0.846. The molecule has 6 nitrogen and oxygen atoms in total. The van der Waals surface area contributed by atoms with Crippen LogP contribution in [0.15, 0.2) is 24.3 Å². The van der Waals surface area contributed by atoms with Gasteiger partial charge in [0.05, 0.1) is 6.10 Å². The number of likely N-dealkylation sites (tertiary alicyclic amines) is 1. The van der Waals surface area contributed by atoms with Crippen LogP contribution in [0.1, 0.15) is 31.2 Å². The Balaban J connectivity index is 1.49. The van der Waals surface area contributed by atoms with Gasteiger partial charge in [-0.1, -0.05) is 12.1 Å². The highest BCUT2D eigenvalue weighted by molar-refractivity contribution is 5.79. The number of nitrogens with zero attached hydrogens (tertiary/aromatic N) is 1. The van der Waals surface area contributed by atoms with Crippen molar-refractivity contribution in [3.05, 3.63) is 35.6 Å². The highest BCUT2D eigenvalue weighted by Gasteiger charge is 2.32. The van der Waals surface area contributed by atoms with E-state index < -0.39 is 12.0 Å². The first-order chi connectivity index (χ1) is 12.0. The van der Waals surface area contributed by atoms with Crippen molar-refractivity contribution in [3.8, 4) is 0 Å². The lowest BCUT2D eigenvalue weighted by molar-refractivity contribution is -0.128. The van der Waals surface area contributed by atoms with Gasteiger partial charge in [0.25, 0.3) is 0 Å². The van der Waals surface area contributed by atoms with E-state index in [4.69, 9.17) is 10.5 Å². The number of nitrogens with one attached hydrogen (secondary N) is 1. The van der Waals surface area contributed by atoms with Gasteiger partial charge in [-0.25, -0.2) is 9.18 Å². The summed E-state index contributed by atoms with van der Waals surface area (Å²) in [6.07, 6.45) is 3.23. The first-order valence-electron chi connectivity index (χ1n) is 8.76. The maximum absolute atomic E-state index is 13.0. The van der Waals surface area contributed by atoms with E-state index in [1.807, 2.05) is 4.90 Å². The molecule has 3 N–H and O–H groups in total. The molecule has 3 unspecified atom stereocenters. The summed E-state index contributed by atoms with van der Waals surface area (Å²) in [6, 6.07) is 6.42. The van der Waals surface area contributed by atoms with E-state index in [-0.39, 0.29) is 24.0 Å². The normalized spacial score (nSPS) is 26.0. The Hall–Kier alpha value is -2.15. The van der Waals surface area contributed by atoms with Gasteiger partial charge in [-0.3, -0.25) is 4.79 Å². The minimum absolute atomic E-state index is 0.115. The molecule has 7 heteroatoms. The van der Waals surface area contributed by atoms with Crippen LogP contribution in [0.3, 0.4) is 0 Å². The van der Waals surface area contributed by atoms with Crippen LogP contribution >= 0.6 is 0 Å². The molecule has 3 atom stereocenters. The molecule has 0 bridgehead atoms. The zero-order chi connectivity index (χ0) is 17.8. The lowest BCUT2D eigenvalue weighted by atomic mass is 10.0. The van der Waals surface area contributed by atoms with E-state index in [1.54, 1.807) is 12.1 Å². The van der Waals surface area contributed by atoms with Gasteiger partial charge in [0.15, 0.2) is 0 Å². The number of halogens is 1.